The molecule has 0 fully saturated rings. The van der Waals surface area contributed by atoms with Gasteiger partial charge in [0.1, 0.15) is 5.69 Å². The van der Waals surface area contributed by atoms with Gasteiger partial charge in [-0.2, -0.15) is 5.10 Å². The second-order valence-corrected chi connectivity index (χ2v) is 5.44. The van der Waals surface area contributed by atoms with Crippen LogP contribution in [0.25, 0.3) is 5.69 Å². The molecule has 0 aliphatic rings. The number of pyridine rings is 1. The van der Waals surface area contributed by atoms with Gasteiger partial charge in [0, 0.05) is 11.9 Å². The first kappa shape index (κ1) is 16.4. The number of aromatic nitrogens is 3. The summed E-state index contributed by atoms with van der Waals surface area (Å²) >= 11 is 0. The van der Waals surface area contributed by atoms with Crippen LogP contribution in [0.15, 0.2) is 64.6 Å². The van der Waals surface area contributed by atoms with Crippen LogP contribution < -0.4 is 11.0 Å². The lowest BCUT2D eigenvalue weighted by Crippen LogP contribution is -2.23. The fourth-order valence-electron chi connectivity index (χ4n) is 2.48. The summed E-state index contributed by atoms with van der Waals surface area (Å²) in [6, 6.07) is 14.3. The predicted octanol–water partition coefficient (Wildman–Crippen LogP) is 2.02. The Morgan fingerprint density at radius 2 is 1.88 bits per heavy atom. The highest BCUT2D eigenvalue weighted by molar-refractivity contribution is 6.01. The Labute approximate surface area is 144 Å². The number of carbonyl (C=O) groups is 1. The number of amides is 1. The number of hydrogen-bond donors (Lipinski definition) is 2. The summed E-state index contributed by atoms with van der Waals surface area (Å²) in [5.41, 5.74) is 4.69. The number of H-pyrrole nitrogens is 1. The Morgan fingerprint density at radius 1 is 1.16 bits per heavy atom. The highest BCUT2D eigenvalue weighted by atomic mass is 16.2. The van der Waals surface area contributed by atoms with Crippen molar-refractivity contribution in [2.24, 2.45) is 5.10 Å². The second-order valence-electron chi connectivity index (χ2n) is 5.44. The van der Waals surface area contributed by atoms with Crippen LogP contribution in [-0.4, -0.2) is 26.4 Å². The molecule has 0 unspecified atom stereocenters. The van der Waals surface area contributed by atoms with Gasteiger partial charge in [0.05, 0.1) is 17.0 Å². The standard InChI is InChI=1S/C18H17N5O2/c1-12(20-21-17(24)15-10-6-7-11-19-15)16-13(2)22-23(18(16)25)14-8-4-3-5-9-14/h3-11,22H,1-2H3,(H,21,24). The van der Waals surface area contributed by atoms with E-state index < -0.39 is 5.91 Å². The van der Waals surface area contributed by atoms with Crippen LogP contribution >= 0.6 is 0 Å². The molecular weight excluding hydrogens is 318 g/mol. The molecule has 0 saturated carbocycles. The maximum absolute atomic E-state index is 12.7. The number of nitrogens with one attached hydrogen (secondary N) is 2. The smallest absolute Gasteiger partial charge is 0.289 e. The van der Waals surface area contributed by atoms with Gasteiger partial charge in [0.15, 0.2) is 0 Å². The number of nitrogens with zero attached hydrogens (tertiary/aromatic N) is 3. The summed E-state index contributed by atoms with van der Waals surface area (Å²) in [4.78, 5) is 28.6. The first-order chi connectivity index (χ1) is 12.1. The van der Waals surface area contributed by atoms with E-state index in [0.29, 0.717) is 17.0 Å². The monoisotopic (exact) mass is 335 g/mol. The molecule has 0 aliphatic heterocycles. The average Bonchev–Trinajstić information content (AvgIpc) is 2.95. The van der Waals surface area contributed by atoms with E-state index in [2.05, 4.69) is 20.6 Å². The van der Waals surface area contributed by atoms with E-state index in [1.165, 1.54) is 10.9 Å². The minimum atomic E-state index is -0.434. The lowest BCUT2D eigenvalue weighted by molar-refractivity contribution is 0.0950. The third-order valence-electron chi connectivity index (χ3n) is 3.67. The zero-order valence-corrected chi connectivity index (χ0v) is 13.9. The topological polar surface area (TPSA) is 92.1 Å². The van der Waals surface area contributed by atoms with E-state index in [9.17, 15) is 9.59 Å². The summed E-state index contributed by atoms with van der Waals surface area (Å²) in [6.45, 7) is 3.46. The highest BCUT2D eigenvalue weighted by Gasteiger charge is 2.15. The molecule has 2 heterocycles. The van der Waals surface area contributed by atoms with Crippen molar-refractivity contribution in [3.05, 3.63) is 82.0 Å². The van der Waals surface area contributed by atoms with Gasteiger partial charge in [-0.05, 0) is 38.1 Å². The summed E-state index contributed by atoms with van der Waals surface area (Å²) in [6.07, 6.45) is 1.53. The molecule has 3 rings (SSSR count). The number of hydrazone groups is 1. The third kappa shape index (κ3) is 3.40. The number of hydrogen-bond acceptors (Lipinski definition) is 4. The normalized spacial score (nSPS) is 11.4. The van der Waals surface area contributed by atoms with Gasteiger partial charge in [-0.1, -0.05) is 24.3 Å². The van der Waals surface area contributed by atoms with E-state index >= 15 is 0 Å². The van der Waals surface area contributed by atoms with E-state index in [1.54, 1.807) is 32.0 Å². The molecule has 126 valence electrons. The summed E-state index contributed by atoms with van der Waals surface area (Å²) in [5, 5.41) is 7.07. The molecule has 2 N–H and O–H groups in total. The number of para-hydroxylation sites is 1. The Balaban J connectivity index is 1.88. The minimum absolute atomic E-state index is 0.225. The maximum atomic E-state index is 12.7. The summed E-state index contributed by atoms with van der Waals surface area (Å²) < 4.78 is 1.45. The molecular formula is C18H17N5O2. The number of benzene rings is 1. The molecule has 3 aromatic rings. The van der Waals surface area contributed by atoms with Crippen molar-refractivity contribution in [1.29, 1.82) is 0 Å². The van der Waals surface area contributed by atoms with Gasteiger partial charge >= 0.3 is 0 Å². The maximum Gasteiger partial charge on any atom is 0.289 e. The molecule has 0 saturated heterocycles. The molecule has 0 bridgehead atoms. The lowest BCUT2D eigenvalue weighted by atomic mass is 10.2. The quantitative estimate of drug-likeness (QED) is 0.564. The summed E-state index contributed by atoms with van der Waals surface area (Å²) in [7, 11) is 0. The zero-order chi connectivity index (χ0) is 17.8. The van der Waals surface area contributed by atoms with Crippen molar-refractivity contribution in [3.8, 4) is 5.69 Å². The molecule has 7 nitrogen and oxygen atoms in total. The van der Waals surface area contributed by atoms with Crippen LogP contribution in [0.3, 0.4) is 0 Å². The molecule has 2 aromatic heterocycles. The molecule has 1 amide bonds. The summed E-state index contributed by atoms with van der Waals surface area (Å²) in [5.74, 6) is -0.434. The van der Waals surface area contributed by atoms with Crippen LogP contribution in [0, 0.1) is 6.92 Å². The number of rotatable bonds is 4. The average molecular weight is 335 g/mol. The SMILES string of the molecule is CC(=NNC(=O)c1ccccn1)c1c(C)[nH]n(-c2ccccc2)c1=O. The van der Waals surface area contributed by atoms with Crippen LogP contribution in [0.4, 0.5) is 0 Å². The molecule has 25 heavy (non-hydrogen) atoms. The fraction of sp³-hybridized carbons (Fsp3) is 0.111. The van der Waals surface area contributed by atoms with Crippen LogP contribution in [0.2, 0.25) is 0 Å². The van der Waals surface area contributed by atoms with Gasteiger partial charge in [0.25, 0.3) is 11.5 Å². The number of carbonyl (C=O) groups excluding carboxylic acids is 1. The Hall–Kier alpha value is -3.48. The highest BCUT2D eigenvalue weighted by Crippen LogP contribution is 2.07. The van der Waals surface area contributed by atoms with E-state index in [-0.39, 0.29) is 11.3 Å². The Kier molecular flexibility index (Phi) is 4.56. The zero-order valence-electron chi connectivity index (χ0n) is 13.9. The van der Waals surface area contributed by atoms with E-state index in [1.807, 2.05) is 30.3 Å². The van der Waals surface area contributed by atoms with Gasteiger partial charge < -0.3 is 0 Å². The van der Waals surface area contributed by atoms with Crippen LogP contribution in [0.1, 0.15) is 28.7 Å². The Morgan fingerprint density at radius 3 is 2.56 bits per heavy atom. The largest absolute Gasteiger partial charge is 0.295 e. The van der Waals surface area contributed by atoms with Crippen LogP contribution in [-0.2, 0) is 0 Å². The second kappa shape index (κ2) is 6.96. The van der Waals surface area contributed by atoms with Gasteiger partial charge in [-0.3, -0.25) is 19.7 Å². The lowest BCUT2D eigenvalue weighted by Gasteiger charge is -2.01. The van der Waals surface area contributed by atoms with Crippen molar-refractivity contribution >= 4 is 11.6 Å². The van der Waals surface area contributed by atoms with Crippen molar-refractivity contribution in [1.82, 2.24) is 20.2 Å². The van der Waals surface area contributed by atoms with Crippen molar-refractivity contribution < 1.29 is 4.79 Å². The molecule has 0 radical (unpaired) electrons. The van der Waals surface area contributed by atoms with Crippen LogP contribution in [0.5, 0.6) is 0 Å². The molecule has 1 aromatic carbocycles. The minimum Gasteiger partial charge on any atom is -0.295 e. The van der Waals surface area contributed by atoms with Gasteiger partial charge in [-0.15, -0.1) is 0 Å². The van der Waals surface area contributed by atoms with E-state index in [0.717, 1.165) is 5.69 Å². The molecule has 0 aliphatic carbocycles. The molecule has 0 spiro atoms. The number of aryl methyl sites for hydroxylation is 1. The molecule has 7 heteroatoms. The Bertz CT molecular complexity index is 972. The fourth-order valence-corrected chi connectivity index (χ4v) is 2.48. The van der Waals surface area contributed by atoms with Crippen molar-refractivity contribution in [2.75, 3.05) is 0 Å². The first-order valence-electron chi connectivity index (χ1n) is 7.71. The predicted molar refractivity (Wildman–Crippen MR) is 95.0 cm³/mol. The van der Waals surface area contributed by atoms with Crippen molar-refractivity contribution in [2.45, 2.75) is 13.8 Å². The van der Waals surface area contributed by atoms with Gasteiger partial charge in [0.2, 0.25) is 0 Å². The number of aromatic amines is 1. The van der Waals surface area contributed by atoms with Gasteiger partial charge in [-0.25, -0.2) is 10.1 Å². The van der Waals surface area contributed by atoms with Crippen molar-refractivity contribution in [3.63, 3.8) is 0 Å². The molecule has 0 atom stereocenters. The van der Waals surface area contributed by atoms with E-state index in [4.69, 9.17) is 0 Å². The first-order valence-corrected chi connectivity index (χ1v) is 7.71. The third-order valence-corrected chi connectivity index (χ3v) is 3.67.